The number of fused-ring (bicyclic) bond motifs is 1. The van der Waals surface area contributed by atoms with Gasteiger partial charge in [-0.3, -0.25) is 14.4 Å². The molecule has 1 atom stereocenters. The zero-order valence-electron chi connectivity index (χ0n) is 16.4. The van der Waals surface area contributed by atoms with Crippen LogP contribution in [0.4, 0.5) is 0 Å². The fraction of sp³-hybridized carbons (Fsp3) is 0.348. The molecule has 152 valence electrons. The summed E-state index contributed by atoms with van der Waals surface area (Å²) in [5.41, 5.74) is 4.05. The summed E-state index contributed by atoms with van der Waals surface area (Å²) in [5.74, 6) is -1.04. The number of aryl methyl sites for hydroxylation is 2. The molecule has 1 N–H and O–H groups in total. The first-order valence-electron chi connectivity index (χ1n) is 9.79. The Balaban J connectivity index is 1.41. The van der Waals surface area contributed by atoms with Gasteiger partial charge in [-0.2, -0.15) is 0 Å². The van der Waals surface area contributed by atoms with Crippen LogP contribution in [0.15, 0.2) is 42.5 Å². The van der Waals surface area contributed by atoms with Crippen molar-refractivity contribution < 1.29 is 19.1 Å². The number of amides is 1. The minimum absolute atomic E-state index is 0.0509. The van der Waals surface area contributed by atoms with E-state index in [4.69, 9.17) is 16.3 Å². The van der Waals surface area contributed by atoms with Gasteiger partial charge in [-0.25, -0.2) is 0 Å². The van der Waals surface area contributed by atoms with E-state index >= 15 is 0 Å². The summed E-state index contributed by atoms with van der Waals surface area (Å²) in [6.45, 7) is 1.83. The maximum absolute atomic E-state index is 12.4. The molecular weight excluding hydrogens is 390 g/mol. The lowest BCUT2D eigenvalue weighted by molar-refractivity contribution is -0.154. The number of rotatable bonds is 8. The predicted molar refractivity (Wildman–Crippen MR) is 111 cm³/mol. The Kier molecular flexibility index (Phi) is 7.04. The second kappa shape index (κ2) is 9.70. The van der Waals surface area contributed by atoms with Crippen LogP contribution in [0.2, 0.25) is 5.02 Å². The van der Waals surface area contributed by atoms with Crippen molar-refractivity contribution in [1.82, 2.24) is 5.32 Å². The number of halogens is 1. The normalized spacial score (nSPS) is 13.4. The van der Waals surface area contributed by atoms with Crippen molar-refractivity contribution in [3.8, 4) is 0 Å². The molecule has 1 unspecified atom stereocenters. The van der Waals surface area contributed by atoms with Gasteiger partial charge >= 0.3 is 5.97 Å². The summed E-state index contributed by atoms with van der Waals surface area (Å²) in [6, 6.07) is 12.9. The number of carbonyl (C=O) groups excluding carboxylic acids is 3. The van der Waals surface area contributed by atoms with Gasteiger partial charge in [0.1, 0.15) is 0 Å². The Morgan fingerprint density at radius 1 is 1.03 bits per heavy atom. The van der Waals surface area contributed by atoms with Gasteiger partial charge in [0.05, 0.1) is 6.42 Å². The highest BCUT2D eigenvalue weighted by Crippen LogP contribution is 2.23. The summed E-state index contributed by atoms with van der Waals surface area (Å²) in [7, 11) is 0. The third-order valence-corrected chi connectivity index (χ3v) is 5.29. The van der Waals surface area contributed by atoms with Crippen molar-refractivity contribution >= 4 is 29.3 Å². The SMILES string of the molecule is CC(OC(=O)CCC(=O)c1ccc2c(c1)CCC2)C(=O)NCc1ccc(Cl)cc1. The van der Waals surface area contributed by atoms with E-state index in [2.05, 4.69) is 5.32 Å². The molecule has 0 radical (unpaired) electrons. The molecule has 6 heteroatoms. The third-order valence-electron chi connectivity index (χ3n) is 5.03. The van der Waals surface area contributed by atoms with Crippen LogP contribution in [-0.2, 0) is 33.7 Å². The quantitative estimate of drug-likeness (QED) is 0.523. The molecule has 0 saturated carbocycles. The van der Waals surface area contributed by atoms with Crippen molar-refractivity contribution in [3.05, 3.63) is 69.7 Å². The van der Waals surface area contributed by atoms with Gasteiger partial charge in [-0.05, 0) is 61.1 Å². The van der Waals surface area contributed by atoms with Crippen molar-refractivity contribution in [2.45, 2.75) is 51.7 Å². The van der Waals surface area contributed by atoms with Crippen LogP contribution in [0, 0.1) is 0 Å². The number of esters is 1. The summed E-state index contributed by atoms with van der Waals surface area (Å²) in [4.78, 5) is 36.5. The molecule has 0 aliphatic heterocycles. The van der Waals surface area contributed by atoms with E-state index in [0.717, 1.165) is 24.8 Å². The van der Waals surface area contributed by atoms with Crippen molar-refractivity contribution in [2.24, 2.45) is 0 Å². The first-order chi connectivity index (χ1) is 13.9. The average molecular weight is 414 g/mol. The van der Waals surface area contributed by atoms with Gasteiger partial charge in [0.15, 0.2) is 11.9 Å². The highest BCUT2D eigenvalue weighted by molar-refractivity contribution is 6.30. The van der Waals surface area contributed by atoms with E-state index in [-0.39, 0.29) is 18.6 Å². The molecule has 2 aromatic carbocycles. The largest absolute Gasteiger partial charge is 0.453 e. The van der Waals surface area contributed by atoms with Crippen LogP contribution in [0.1, 0.15) is 53.2 Å². The van der Waals surface area contributed by atoms with Crippen LogP contribution < -0.4 is 5.32 Å². The monoisotopic (exact) mass is 413 g/mol. The minimum Gasteiger partial charge on any atom is -0.453 e. The Labute approximate surface area is 175 Å². The number of hydrogen-bond donors (Lipinski definition) is 1. The highest BCUT2D eigenvalue weighted by Gasteiger charge is 2.19. The molecule has 5 nitrogen and oxygen atoms in total. The van der Waals surface area contributed by atoms with E-state index in [1.807, 2.05) is 30.3 Å². The Morgan fingerprint density at radius 2 is 1.76 bits per heavy atom. The van der Waals surface area contributed by atoms with Crippen LogP contribution >= 0.6 is 11.6 Å². The number of carbonyl (C=O) groups is 3. The second-order valence-electron chi connectivity index (χ2n) is 7.24. The Morgan fingerprint density at radius 3 is 2.52 bits per heavy atom. The van der Waals surface area contributed by atoms with Crippen LogP contribution in [0.5, 0.6) is 0 Å². The van der Waals surface area contributed by atoms with Crippen LogP contribution in [0.25, 0.3) is 0 Å². The Hall–Kier alpha value is -2.66. The molecule has 0 heterocycles. The lowest BCUT2D eigenvalue weighted by atomic mass is 10.0. The molecule has 0 saturated heterocycles. The fourth-order valence-electron chi connectivity index (χ4n) is 3.35. The van der Waals surface area contributed by atoms with Crippen molar-refractivity contribution in [2.75, 3.05) is 0 Å². The Bertz CT molecular complexity index is 908. The predicted octanol–water partition coefficient (Wildman–Crippen LogP) is 4.04. The summed E-state index contributed by atoms with van der Waals surface area (Å²) < 4.78 is 5.16. The fourth-order valence-corrected chi connectivity index (χ4v) is 3.48. The first-order valence-corrected chi connectivity index (χ1v) is 10.2. The summed E-state index contributed by atoms with van der Waals surface area (Å²) in [6.07, 6.45) is 2.28. The maximum atomic E-state index is 12.4. The lowest BCUT2D eigenvalue weighted by Crippen LogP contribution is -2.35. The van der Waals surface area contributed by atoms with Gasteiger partial charge in [0, 0.05) is 23.6 Å². The third kappa shape index (κ3) is 5.91. The molecular formula is C23H24ClNO4. The number of Topliss-reactive ketones (excluding diaryl/α,β-unsaturated/α-hetero) is 1. The van der Waals surface area contributed by atoms with Crippen molar-refractivity contribution in [1.29, 1.82) is 0 Å². The van der Waals surface area contributed by atoms with Crippen LogP contribution in [0.3, 0.4) is 0 Å². The minimum atomic E-state index is -0.926. The van der Waals surface area contributed by atoms with Crippen molar-refractivity contribution in [3.63, 3.8) is 0 Å². The standard InChI is InChI=1S/C23H24ClNO4/c1-15(23(28)25-14-16-5-9-20(24)10-6-16)29-22(27)12-11-21(26)19-8-7-17-3-2-4-18(17)13-19/h5-10,13,15H,2-4,11-12,14H2,1H3,(H,25,28). The topological polar surface area (TPSA) is 72.5 Å². The molecule has 0 spiro atoms. The molecule has 29 heavy (non-hydrogen) atoms. The van der Waals surface area contributed by atoms with E-state index in [0.29, 0.717) is 17.1 Å². The molecule has 1 aliphatic carbocycles. The maximum Gasteiger partial charge on any atom is 0.307 e. The number of ketones is 1. The molecule has 3 rings (SSSR count). The second-order valence-corrected chi connectivity index (χ2v) is 7.67. The number of ether oxygens (including phenoxy) is 1. The molecule has 0 aromatic heterocycles. The van der Waals surface area contributed by atoms with E-state index in [1.54, 1.807) is 12.1 Å². The molecule has 2 aromatic rings. The molecule has 0 bridgehead atoms. The zero-order chi connectivity index (χ0) is 20.8. The number of benzene rings is 2. The van der Waals surface area contributed by atoms with Gasteiger partial charge < -0.3 is 10.1 Å². The molecule has 0 fully saturated rings. The summed E-state index contributed by atoms with van der Waals surface area (Å²) in [5, 5.41) is 3.33. The van der Waals surface area contributed by atoms with E-state index in [9.17, 15) is 14.4 Å². The van der Waals surface area contributed by atoms with E-state index < -0.39 is 18.0 Å². The van der Waals surface area contributed by atoms with Gasteiger partial charge in [0.2, 0.25) is 0 Å². The van der Waals surface area contributed by atoms with Gasteiger partial charge in [-0.1, -0.05) is 35.9 Å². The smallest absolute Gasteiger partial charge is 0.307 e. The summed E-state index contributed by atoms with van der Waals surface area (Å²) >= 11 is 5.83. The van der Waals surface area contributed by atoms with Gasteiger partial charge in [0.25, 0.3) is 5.91 Å². The van der Waals surface area contributed by atoms with Crippen LogP contribution in [-0.4, -0.2) is 23.8 Å². The van der Waals surface area contributed by atoms with E-state index in [1.165, 1.54) is 18.1 Å². The number of nitrogens with one attached hydrogen (secondary N) is 1. The first kappa shape index (κ1) is 21.1. The van der Waals surface area contributed by atoms with Gasteiger partial charge in [-0.15, -0.1) is 0 Å². The number of hydrogen-bond acceptors (Lipinski definition) is 4. The molecule has 1 amide bonds. The zero-order valence-corrected chi connectivity index (χ0v) is 17.1. The molecule has 1 aliphatic rings. The highest BCUT2D eigenvalue weighted by atomic mass is 35.5. The average Bonchev–Trinajstić information content (AvgIpc) is 3.19. The lowest BCUT2D eigenvalue weighted by Gasteiger charge is -2.13.